The van der Waals surface area contributed by atoms with Gasteiger partial charge < -0.3 is 9.47 Å². The number of benzene rings is 2. The van der Waals surface area contributed by atoms with Crippen molar-refractivity contribution in [2.24, 2.45) is 0 Å². The third kappa shape index (κ3) is 4.39. The van der Waals surface area contributed by atoms with E-state index >= 15 is 0 Å². The van der Waals surface area contributed by atoms with Crippen molar-refractivity contribution in [1.29, 1.82) is 0 Å². The summed E-state index contributed by atoms with van der Waals surface area (Å²) in [6.45, 7) is 1.89. The predicted molar refractivity (Wildman–Crippen MR) is 83.1 cm³/mol. The van der Waals surface area contributed by atoms with Crippen LogP contribution in [-0.2, 0) is 9.53 Å². The summed E-state index contributed by atoms with van der Waals surface area (Å²) in [5, 5.41) is 0. The number of carbonyl (C=O) groups is 1. The first-order chi connectivity index (χ1) is 11.0. The fourth-order valence-corrected chi connectivity index (χ4v) is 2.12. The Hall–Kier alpha value is -2.69. The Labute approximate surface area is 133 Å². The van der Waals surface area contributed by atoms with Crippen LogP contribution in [0, 0.1) is 11.6 Å². The number of carbonyl (C=O) groups excluding carboxylic acids is 1. The summed E-state index contributed by atoms with van der Waals surface area (Å²) < 4.78 is 37.0. The van der Waals surface area contributed by atoms with Gasteiger partial charge in [0, 0.05) is 12.1 Å². The van der Waals surface area contributed by atoms with E-state index in [2.05, 4.69) is 0 Å². The van der Waals surface area contributed by atoms with Gasteiger partial charge in [0.1, 0.15) is 17.4 Å². The van der Waals surface area contributed by atoms with Crippen molar-refractivity contribution in [2.45, 2.75) is 6.92 Å². The molecule has 0 saturated carbocycles. The lowest BCUT2D eigenvalue weighted by Gasteiger charge is -2.10. The number of hydrogen-bond acceptors (Lipinski definition) is 3. The Morgan fingerprint density at radius 2 is 1.65 bits per heavy atom. The van der Waals surface area contributed by atoms with Crippen LogP contribution in [0.5, 0.6) is 5.75 Å². The van der Waals surface area contributed by atoms with Crippen LogP contribution in [0.15, 0.2) is 48.5 Å². The Bertz CT molecular complexity index is 701. The number of methoxy groups -OCH3 is 1. The van der Waals surface area contributed by atoms with Crippen molar-refractivity contribution in [3.63, 3.8) is 0 Å². The van der Waals surface area contributed by atoms with Gasteiger partial charge in [-0.2, -0.15) is 0 Å². The smallest absolute Gasteiger partial charge is 0.331 e. The van der Waals surface area contributed by atoms with E-state index in [1.54, 1.807) is 31.2 Å². The summed E-state index contributed by atoms with van der Waals surface area (Å²) in [5.74, 6) is -1.39. The highest BCUT2D eigenvalue weighted by atomic mass is 19.1. The third-order valence-corrected chi connectivity index (χ3v) is 3.12. The first kappa shape index (κ1) is 16.7. The number of ether oxygens (including phenoxy) is 2. The van der Waals surface area contributed by atoms with Gasteiger partial charge >= 0.3 is 5.97 Å². The van der Waals surface area contributed by atoms with E-state index in [4.69, 9.17) is 9.47 Å². The van der Waals surface area contributed by atoms with E-state index in [1.165, 1.54) is 25.3 Å². The fraction of sp³-hybridized carbons (Fsp3) is 0.167. The summed E-state index contributed by atoms with van der Waals surface area (Å²) in [6.07, 6.45) is 1.22. The lowest BCUT2D eigenvalue weighted by molar-refractivity contribution is -0.137. The highest BCUT2D eigenvalue weighted by molar-refractivity contribution is 5.96. The molecule has 0 saturated heterocycles. The van der Waals surface area contributed by atoms with Gasteiger partial charge in [0.05, 0.1) is 13.7 Å². The van der Waals surface area contributed by atoms with Crippen LogP contribution in [0.25, 0.3) is 5.57 Å². The predicted octanol–water partition coefficient (Wildman–Crippen LogP) is 3.97. The van der Waals surface area contributed by atoms with Crippen LogP contribution in [0.3, 0.4) is 0 Å². The summed E-state index contributed by atoms with van der Waals surface area (Å²) in [4.78, 5) is 11.8. The van der Waals surface area contributed by atoms with Crippen LogP contribution in [0.2, 0.25) is 0 Å². The van der Waals surface area contributed by atoms with Crippen molar-refractivity contribution < 1.29 is 23.0 Å². The first-order valence-electron chi connectivity index (χ1n) is 7.03. The molecule has 0 aliphatic rings. The molecular formula is C18H16F2O3. The fourth-order valence-electron chi connectivity index (χ4n) is 2.12. The van der Waals surface area contributed by atoms with Gasteiger partial charge in [0.2, 0.25) is 0 Å². The summed E-state index contributed by atoms with van der Waals surface area (Å²) in [6, 6.07) is 9.91. The molecule has 0 amide bonds. The largest absolute Gasteiger partial charge is 0.497 e. The van der Waals surface area contributed by atoms with E-state index < -0.39 is 17.6 Å². The van der Waals surface area contributed by atoms with Gasteiger partial charge in [0.15, 0.2) is 0 Å². The monoisotopic (exact) mass is 318 g/mol. The molecular weight excluding hydrogens is 302 g/mol. The molecule has 0 unspecified atom stereocenters. The van der Waals surface area contributed by atoms with E-state index in [0.29, 0.717) is 16.9 Å². The quantitative estimate of drug-likeness (QED) is 0.618. The molecule has 0 aromatic heterocycles. The molecule has 0 spiro atoms. The highest BCUT2D eigenvalue weighted by Gasteiger charge is 2.11. The molecule has 23 heavy (non-hydrogen) atoms. The average Bonchev–Trinajstić information content (AvgIpc) is 2.52. The topological polar surface area (TPSA) is 35.5 Å². The molecule has 0 radical (unpaired) electrons. The maximum Gasteiger partial charge on any atom is 0.331 e. The van der Waals surface area contributed by atoms with Gasteiger partial charge in [-0.05, 0) is 47.9 Å². The molecule has 2 aromatic rings. The number of rotatable bonds is 5. The number of esters is 1. The number of halogens is 2. The van der Waals surface area contributed by atoms with Gasteiger partial charge in [-0.15, -0.1) is 0 Å². The van der Waals surface area contributed by atoms with Crippen LogP contribution in [0.1, 0.15) is 18.1 Å². The molecule has 0 N–H and O–H groups in total. The molecule has 0 fully saturated rings. The maximum atomic E-state index is 13.5. The van der Waals surface area contributed by atoms with Crippen LogP contribution < -0.4 is 4.74 Å². The maximum absolute atomic E-state index is 13.5. The second kappa shape index (κ2) is 7.54. The number of hydrogen-bond donors (Lipinski definition) is 0. The van der Waals surface area contributed by atoms with E-state index in [1.807, 2.05) is 0 Å². The summed E-state index contributed by atoms with van der Waals surface area (Å²) in [5.41, 5.74) is 1.23. The SMILES string of the molecule is CCOC(=O)/C=C(/c1ccc(OC)cc1)c1cc(F)cc(F)c1. The van der Waals surface area contributed by atoms with Crippen molar-refractivity contribution in [3.05, 3.63) is 71.3 Å². The minimum absolute atomic E-state index is 0.211. The second-order valence-electron chi connectivity index (χ2n) is 4.70. The van der Waals surface area contributed by atoms with Crippen molar-refractivity contribution >= 4 is 11.5 Å². The molecule has 2 rings (SSSR count). The minimum atomic E-state index is -0.719. The Balaban J connectivity index is 2.52. The van der Waals surface area contributed by atoms with Crippen molar-refractivity contribution in [3.8, 4) is 5.75 Å². The van der Waals surface area contributed by atoms with E-state index in [0.717, 1.165) is 6.07 Å². The van der Waals surface area contributed by atoms with Gasteiger partial charge in [-0.25, -0.2) is 13.6 Å². The van der Waals surface area contributed by atoms with Crippen LogP contribution >= 0.6 is 0 Å². The Morgan fingerprint density at radius 1 is 1.04 bits per heavy atom. The lowest BCUT2D eigenvalue weighted by Crippen LogP contribution is -2.02. The summed E-state index contributed by atoms with van der Waals surface area (Å²) >= 11 is 0. The zero-order chi connectivity index (χ0) is 16.8. The minimum Gasteiger partial charge on any atom is -0.497 e. The van der Waals surface area contributed by atoms with Gasteiger partial charge in [-0.1, -0.05) is 12.1 Å². The molecule has 3 nitrogen and oxygen atoms in total. The molecule has 0 heterocycles. The molecule has 120 valence electrons. The van der Waals surface area contributed by atoms with Crippen molar-refractivity contribution in [2.75, 3.05) is 13.7 Å². The van der Waals surface area contributed by atoms with Crippen LogP contribution in [-0.4, -0.2) is 19.7 Å². The first-order valence-corrected chi connectivity index (χ1v) is 7.03. The molecule has 0 bridgehead atoms. The van der Waals surface area contributed by atoms with Crippen molar-refractivity contribution in [1.82, 2.24) is 0 Å². The van der Waals surface area contributed by atoms with Crippen LogP contribution in [0.4, 0.5) is 8.78 Å². The van der Waals surface area contributed by atoms with E-state index in [-0.39, 0.29) is 12.2 Å². The Kier molecular flexibility index (Phi) is 5.46. The third-order valence-electron chi connectivity index (χ3n) is 3.12. The second-order valence-corrected chi connectivity index (χ2v) is 4.70. The van der Waals surface area contributed by atoms with E-state index in [9.17, 15) is 13.6 Å². The van der Waals surface area contributed by atoms with Gasteiger partial charge in [0.25, 0.3) is 0 Å². The molecule has 2 aromatic carbocycles. The molecule has 0 atom stereocenters. The lowest BCUT2D eigenvalue weighted by atomic mass is 9.97. The average molecular weight is 318 g/mol. The highest BCUT2D eigenvalue weighted by Crippen LogP contribution is 2.26. The summed E-state index contributed by atoms with van der Waals surface area (Å²) in [7, 11) is 1.53. The zero-order valence-electron chi connectivity index (χ0n) is 12.8. The normalized spacial score (nSPS) is 11.2. The molecule has 5 heteroatoms. The molecule has 0 aliphatic carbocycles. The zero-order valence-corrected chi connectivity index (χ0v) is 12.8. The van der Waals surface area contributed by atoms with Gasteiger partial charge in [-0.3, -0.25) is 0 Å². The standard InChI is InChI=1S/C18H16F2O3/c1-3-23-18(21)11-17(12-4-6-16(22-2)7-5-12)13-8-14(19)10-15(20)9-13/h4-11H,3H2,1-2H3/b17-11-. The molecule has 0 aliphatic heterocycles. The Morgan fingerprint density at radius 3 is 2.17 bits per heavy atom.